The van der Waals surface area contributed by atoms with Crippen LogP contribution in [0.3, 0.4) is 0 Å². The molecule has 1 aromatic carbocycles. The summed E-state index contributed by atoms with van der Waals surface area (Å²) in [6.07, 6.45) is 3.59. The minimum absolute atomic E-state index is 0.0870. The number of nitrogens with one attached hydrogen (secondary N) is 2. The molecular weight excluding hydrogens is 322 g/mol. The molecule has 0 unspecified atom stereocenters. The zero-order valence-corrected chi connectivity index (χ0v) is 14.2. The van der Waals surface area contributed by atoms with E-state index in [0.29, 0.717) is 13.1 Å². The molecule has 2 heterocycles. The molecule has 8 heteroatoms. The molecule has 1 aliphatic rings. The summed E-state index contributed by atoms with van der Waals surface area (Å²) < 4.78 is 6.89. The Labute approximate surface area is 145 Å². The van der Waals surface area contributed by atoms with Gasteiger partial charge >= 0.3 is 6.03 Å². The third-order valence-corrected chi connectivity index (χ3v) is 4.11. The molecule has 0 bridgehead atoms. The predicted octanol–water partition coefficient (Wildman–Crippen LogP) is 1.08. The standard InChI is InChI=1S/C17H21N5O3/c1-12(20-17(24)21-8-7-18-16(23)11-21)13-9-19-22(10-13)14-3-5-15(25-2)6-4-14/h3-6,9-10,12H,7-8,11H2,1-2H3,(H,18,23)(H,20,24)/t12-/m0/s1. The van der Waals surface area contributed by atoms with Crippen LogP contribution in [0.2, 0.25) is 0 Å². The monoisotopic (exact) mass is 343 g/mol. The lowest BCUT2D eigenvalue weighted by Gasteiger charge is -2.28. The number of methoxy groups -OCH3 is 1. The molecule has 2 N–H and O–H groups in total. The van der Waals surface area contributed by atoms with Crippen LogP contribution in [0.4, 0.5) is 4.79 Å². The van der Waals surface area contributed by atoms with Gasteiger partial charge < -0.3 is 20.3 Å². The Kier molecular flexibility index (Phi) is 4.87. The fourth-order valence-corrected chi connectivity index (χ4v) is 2.61. The first kappa shape index (κ1) is 16.8. The van der Waals surface area contributed by atoms with Crippen molar-refractivity contribution in [1.82, 2.24) is 25.3 Å². The topological polar surface area (TPSA) is 88.5 Å². The molecule has 0 radical (unpaired) electrons. The van der Waals surface area contributed by atoms with E-state index in [1.807, 2.05) is 37.4 Å². The minimum atomic E-state index is -0.250. The Morgan fingerprint density at radius 2 is 2.12 bits per heavy atom. The van der Waals surface area contributed by atoms with Crippen LogP contribution in [0.1, 0.15) is 18.5 Å². The number of benzene rings is 1. The summed E-state index contributed by atoms with van der Waals surface area (Å²) in [5.41, 5.74) is 1.78. The fourth-order valence-electron chi connectivity index (χ4n) is 2.61. The maximum absolute atomic E-state index is 12.3. The molecule has 132 valence electrons. The summed E-state index contributed by atoms with van der Waals surface area (Å²) in [5.74, 6) is 0.642. The van der Waals surface area contributed by atoms with Gasteiger partial charge in [-0.3, -0.25) is 4.79 Å². The van der Waals surface area contributed by atoms with E-state index in [4.69, 9.17) is 4.74 Å². The second kappa shape index (κ2) is 7.25. The van der Waals surface area contributed by atoms with Gasteiger partial charge in [-0.15, -0.1) is 0 Å². The number of urea groups is 1. The molecule has 3 amide bonds. The largest absolute Gasteiger partial charge is 0.497 e. The Hall–Kier alpha value is -3.03. The number of piperazine rings is 1. The van der Waals surface area contributed by atoms with Crippen molar-refractivity contribution in [2.45, 2.75) is 13.0 Å². The van der Waals surface area contributed by atoms with Crippen LogP contribution >= 0.6 is 0 Å². The molecule has 1 atom stereocenters. The molecule has 8 nitrogen and oxygen atoms in total. The molecule has 1 fully saturated rings. The van der Waals surface area contributed by atoms with Crippen molar-refractivity contribution in [3.8, 4) is 11.4 Å². The highest BCUT2D eigenvalue weighted by Gasteiger charge is 2.22. The highest BCUT2D eigenvalue weighted by molar-refractivity contribution is 5.85. The molecule has 25 heavy (non-hydrogen) atoms. The van der Waals surface area contributed by atoms with E-state index >= 15 is 0 Å². The van der Waals surface area contributed by atoms with Crippen molar-refractivity contribution >= 4 is 11.9 Å². The van der Waals surface area contributed by atoms with Crippen molar-refractivity contribution < 1.29 is 14.3 Å². The summed E-state index contributed by atoms with van der Waals surface area (Å²) in [6.45, 7) is 2.96. The predicted molar refractivity (Wildman–Crippen MR) is 91.6 cm³/mol. The Balaban J connectivity index is 1.64. The summed E-state index contributed by atoms with van der Waals surface area (Å²) in [4.78, 5) is 25.2. The highest BCUT2D eigenvalue weighted by Crippen LogP contribution is 2.17. The third-order valence-electron chi connectivity index (χ3n) is 4.11. The molecule has 1 aromatic heterocycles. The number of amides is 3. The van der Waals surface area contributed by atoms with Gasteiger partial charge in [0.2, 0.25) is 5.91 Å². The van der Waals surface area contributed by atoms with Gasteiger partial charge in [-0.2, -0.15) is 5.10 Å². The summed E-state index contributed by atoms with van der Waals surface area (Å²) in [6, 6.07) is 7.08. The number of hydrogen-bond acceptors (Lipinski definition) is 4. The van der Waals surface area contributed by atoms with Crippen LogP contribution in [-0.2, 0) is 4.79 Å². The Morgan fingerprint density at radius 3 is 2.80 bits per heavy atom. The first-order valence-corrected chi connectivity index (χ1v) is 8.08. The number of aromatic nitrogens is 2. The lowest BCUT2D eigenvalue weighted by molar-refractivity contribution is -0.123. The Bertz CT molecular complexity index is 756. The van der Waals surface area contributed by atoms with Crippen molar-refractivity contribution in [3.05, 3.63) is 42.2 Å². The zero-order chi connectivity index (χ0) is 17.8. The van der Waals surface area contributed by atoms with E-state index in [2.05, 4.69) is 15.7 Å². The zero-order valence-electron chi connectivity index (χ0n) is 14.2. The van der Waals surface area contributed by atoms with Gasteiger partial charge in [0, 0.05) is 24.8 Å². The van der Waals surface area contributed by atoms with Gasteiger partial charge in [0.05, 0.1) is 25.0 Å². The SMILES string of the molecule is COc1ccc(-n2cc([C@H](C)NC(=O)N3CCNC(=O)C3)cn2)cc1. The van der Waals surface area contributed by atoms with Crippen LogP contribution in [-0.4, -0.2) is 53.4 Å². The first-order valence-electron chi connectivity index (χ1n) is 8.08. The average molecular weight is 343 g/mol. The van der Waals surface area contributed by atoms with E-state index in [0.717, 1.165) is 17.0 Å². The van der Waals surface area contributed by atoms with Crippen LogP contribution in [0.25, 0.3) is 5.69 Å². The maximum atomic E-state index is 12.3. The van der Waals surface area contributed by atoms with Crippen LogP contribution in [0.5, 0.6) is 5.75 Å². The van der Waals surface area contributed by atoms with Crippen LogP contribution in [0, 0.1) is 0 Å². The molecular formula is C17H21N5O3. The van der Waals surface area contributed by atoms with Gasteiger partial charge in [-0.25, -0.2) is 9.48 Å². The van der Waals surface area contributed by atoms with Crippen molar-refractivity contribution in [1.29, 1.82) is 0 Å². The molecule has 0 saturated carbocycles. The van der Waals surface area contributed by atoms with E-state index < -0.39 is 0 Å². The number of carbonyl (C=O) groups excluding carboxylic acids is 2. The molecule has 2 aromatic rings. The first-order chi connectivity index (χ1) is 12.1. The molecule has 0 spiro atoms. The van der Waals surface area contributed by atoms with E-state index in [9.17, 15) is 9.59 Å². The molecule has 0 aliphatic carbocycles. The van der Waals surface area contributed by atoms with Gasteiger partial charge in [0.25, 0.3) is 0 Å². The third kappa shape index (κ3) is 3.90. The molecule has 3 rings (SSSR count). The van der Waals surface area contributed by atoms with Crippen LogP contribution in [0.15, 0.2) is 36.7 Å². The second-order valence-corrected chi connectivity index (χ2v) is 5.86. The minimum Gasteiger partial charge on any atom is -0.497 e. The van der Waals surface area contributed by atoms with E-state index in [-0.39, 0.29) is 24.5 Å². The van der Waals surface area contributed by atoms with Crippen LogP contribution < -0.4 is 15.4 Å². The summed E-state index contributed by atoms with van der Waals surface area (Å²) in [5, 5.41) is 9.94. The van der Waals surface area contributed by atoms with Gasteiger partial charge in [-0.1, -0.05) is 0 Å². The lowest BCUT2D eigenvalue weighted by atomic mass is 10.2. The molecule has 1 aliphatic heterocycles. The van der Waals surface area contributed by atoms with E-state index in [1.54, 1.807) is 18.0 Å². The normalized spacial score (nSPS) is 15.4. The second-order valence-electron chi connectivity index (χ2n) is 5.86. The van der Waals surface area contributed by atoms with Crippen molar-refractivity contribution in [2.75, 3.05) is 26.7 Å². The molecule has 1 saturated heterocycles. The number of carbonyl (C=O) groups is 2. The smallest absolute Gasteiger partial charge is 0.318 e. The maximum Gasteiger partial charge on any atom is 0.318 e. The van der Waals surface area contributed by atoms with Gasteiger partial charge in [-0.05, 0) is 31.2 Å². The number of nitrogens with zero attached hydrogens (tertiary/aromatic N) is 3. The van der Waals surface area contributed by atoms with Crippen molar-refractivity contribution in [3.63, 3.8) is 0 Å². The van der Waals surface area contributed by atoms with Gasteiger partial charge in [0.15, 0.2) is 0 Å². The Morgan fingerprint density at radius 1 is 1.36 bits per heavy atom. The summed E-state index contributed by atoms with van der Waals surface area (Å²) >= 11 is 0. The van der Waals surface area contributed by atoms with E-state index in [1.165, 1.54) is 4.90 Å². The quantitative estimate of drug-likeness (QED) is 0.870. The van der Waals surface area contributed by atoms with Crippen molar-refractivity contribution in [2.24, 2.45) is 0 Å². The average Bonchev–Trinajstić information content (AvgIpc) is 3.12. The number of rotatable bonds is 4. The number of hydrogen-bond donors (Lipinski definition) is 2. The number of ether oxygens (including phenoxy) is 1. The van der Waals surface area contributed by atoms with Gasteiger partial charge in [0.1, 0.15) is 12.3 Å². The fraction of sp³-hybridized carbons (Fsp3) is 0.353. The lowest BCUT2D eigenvalue weighted by Crippen LogP contribution is -2.53. The summed E-state index contributed by atoms with van der Waals surface area (Å²) in [7, 11) is 1.62. The highest BCUT2D eigenvalue weighted by atomic mass is 16.5.